The lowest BCUT2D eigenvalue weighted by molar-refractivity contribution is -0.140. The zero-order valence-corrected chi connectivity index (χ0v) is 15.4. The Morgan fingerprint density at radius 2 is 2.00 bits per heavy atom. The van der Waals surface area contributed by atoms with Crippen LogP contribution >= 0.6 is 11.8 Å². The van der Waals surface area contributed by atoms with E-state index in [0.717, 1.165) is 22.9 Å². The second kappa shape index (κ2) is 8.58. The summed E-state index contributed by atoms with van der Waals surface area (Å²) in [4.78, 5) is 28.6. The van der Waals surface area contributed by atoms with Crippen LogP contribution in [0.2, 0.25) is 0 Å². The van der Waals surface area contributed by atoms with E-state index in [1.54, 1.807) is 18.9 Å². The van der Waals surface area contributed by atoms with Crippen molar-refractivity contribution >= 4 is 23.6 Å². The van der Waals surface area contributed by atoms with Gasteiger partial charge < -0.3 is 14.5 Å². The number of rotatable bonds is 5. The molecule has 0 spiro atoms. The van der Waals surface area contributed by atoms with Gasteiger partial charge in [0.2, 0.25) is 11.8 Å². The first-order valence-electron chi connectivity index (χ1n) is 8.68. The summed E-state index contributed by atoms with van der Waals surface area (Å²) in [6.07, 6.45) is 1.19. The minimum atomic E-state index is -0.0553. The summed E-state index contributed by atoms with van der Waals surface area (Å²) < 4.78 is 5.21. The van der Waals surface area contributed by atoms with Gasteiger partial charge in [-0.15, -0.1) is 11.8 Å². The fourth-order valence-corrected chi connectivity index (χ4v) is 4.12. The standard InChI is InChI=1S/C18H25N3O3S/c1-24-15-4-2-3-14(11-15)5-6-17(22)20-7-9-21(10-8-20)18(23)16-12-25-13-19-16/h2-4,11,16,19H,5-10,12-13H2,1H3. The third-order valence-electron chi connectivity index (χ3n) is 4.72. The first kappa shape index (κ1) is 18.1. The minimum absolute atomic E-state index is 0.0553. The van der Waals surface area contributed by atoms with Crippen molar-refractivity contribution in [3.8, 4) is 5.75 Å². The van der Waals surface area contributed by atoms with E-state index in [4.69, 9.17) is 4.74 Å². The van der Waals surface area contributed by atoms with Crippen LogP contribution in [0, 0.1) is 0 Å². The maximum absolute atomic E-state index is 12.4. The van der Waals surface area contributed by atoms with Gasteiger partial charge in [0, 0.05) is 44.2 Å². The SMILES string of the molecule is COc1cccc(CCC(=O)N2CCN(C(=O)C3CSCN3)CC2)c1. The molecular weight excluding hydrogens is 338 g/mol. The smallest absolute Gasteiger partial charge is 0.240 e. The highest BCUT2D eigenvalue weighted by Gasteiger charge is 2.30. The van der Waals surface area contributed by atoms with Gasteiger partial charge in [-0.2, -0.15) is 0 Å². The van der Waals surface area contributed by atoms with Crippen molar-refractivity contribution in [2.24, 2.45) is 0 Å². The fourth-order valence-electron chi connectivity index (χ4n) is 3.19. The third-order valence-corrected chi connectivity index (χ3v) is 5.66. The number of nitrogens with one attached hydrogen (secondary N) is 1. The van der Waals surface area contributed by atoms with Crippen LogP contribution in [0.25, 0.3) is 0 Å². The van der Waals surface area contributed by atoms with Crippen LogP contribution < -0.4 is 10.1 Å². The van der Waals surface area contributed by atoms with Gasteiger partial charge in [0.15, 0.2) is 0 Å². The topological polar surface area (TPSA) is 61.9 Å². The molecule has 1 N–H and O–H groups in total. The van der Waals surface area contributed by atoms with Gasteiger partial charge in [-0.05, 0) is 24.1 Å². The predicted molar refractivity (Wildman–Crippen MR) is 98.7 cm³/mol. The van der Waals surface area contributed by atoms with Crippen LogP contribution in [-0.4, -0.2) is 72.6 Å². The molecule has 1 atom stereocenters. The molecule has 6 nitrogen and oxygen atoms in total. The highest BCUT2D eigenvalue weighted by Crippen LogP contribution is 2.16. The Labute approximate surface area is 152 Å². The lowest BCUT2D eigenvalue weighted by atomic mass is 10.1. The van der Waals surface area contributed by atoms with Gasteiger partial charge in [0.05, 0.1) is 13.2 Å². The van der Waals surface area contributed by atoms with Crippen LogP contribution in [0.15, 0.2) is 24.3 Å². The van der Waals surface area contributed by atoms with Gasteiger partial charge in [0.25, 0.3) is 0 Å². The van der Waals surface area contributed by atoms with Gasteiger partial charge in [-0.25, -0.2) is 0 Å². The summed E-state index contributed by atoms with van der Waals surface area (Å²) >= 11 is 1.75. The van der Waals surface area contributed by atoms with Gasteiger partial charge in [0.1, 0.15) is 5.75 Å². The molecule has 2 aliphatic rings. The number of ether oxygens (including phenoxy) is 1. The average Bonchev–Trinajstić information content (AvgIpc) is 3.20. The quantitative estimate of drug-likeness (QED) is 0.844. The summed E-state index contributed by atoms with van der Waals surface area (Å²) in [6.45, 7) is 2.52. The lowest BCUT2D eigenvalue weighted by Crippen LogP contribution is -2.54. The summed E-state index contributed by atoms with van der Waals surface area (Å²) in [5.74, 6) is 2.84. The summed E-state index contributed by atoms with van der Waals surface area (Å²) in [6, 6.07) is 7.77. The van der Waals surface area contributed by atoms with Gasteiger partial charge in [-0.3, -0.25) is 14.9 Å². The first-order valence-corrected chi connectivity index (χ1v) is 9.83. The van der Waals surface area contributed by atoms with E-state index >= 15 is 0 Å². The molecule has 25 heavy (non-hydrogen) atoms. The van der Waals surface area contributed by atoms with Crippen molar-refractivity contribution in [1.82, 2.24) is 15.1 Å². The van der Waals surface area contributed by atoms with Crippen LogP contribution in [0.1, 0.15) is 12.0 Å². The Hall–Kier alpha value is -1.73. The van der Waals surface area contributed by atoms with E-state index in [-0.39, 0.29) is 17.9 Å². The number of carbonyl (C=O) groups excluding carboxylic acids is 2. The Balaban J connectivity index is 1.44. The number of hydrogen-bond donors (Lipinski definition) is 1. The molecule has 2 fully saturated rings. The molecule has 1 aromatic carbocycles. The van der Waals surface area contributed by atoms with Crippen molar-refractivity contribution in [3.63, 3.8) is 0 Å². The monoisotopic (exact) mass is 363 g/mol. The van der Waals surface area contributed by atoms with Crippen LogP contribution in [0.4, 0.5) is 0 Å². The molecule has 0 saturated carbocycles. The van der Waals surface area contributed by atoms with Gasteiger partial charge in [-0.1, -0.05) is 12.1 Å². The lowest BCUT2D eigenvalue weighted by Gasteiger charge is -2.36. The number of nitrogens with zero attached hydrogens (tertiary/aromatic N) is 2. The van der Waals surface area contributed by atoms with Crippen molar-refractivity contribution in [2.45, 2.75) is 18.9 Å². The zero-order valence-electron chi connectivity index (χ0n) is 14.6. The number of benzene rings is 1. The van der Waals surface area contributed by atoms with Crippen LogP contribution in [-0.2, 0) is 16.0 Å². The number of amides is 2. The van der Waals surface area contributed by atoms with Crippen molar-refractivity contribution in [2.75, 3.05) is 44.9 Å². The molecule has 7 heteroatoms. The van der Waals surface area contributed by atoms with E-state index in [1.165, 1.54) is 0 Å². The summed E-state index contributed by atoms with van der Waals surface area (Å²) in [7, 11) is 1.64. The molecule has 0 radical (unpaired) electrons. The Bertz CT molecular complexity index is 611. The number of carbonyl (C=O) groups is 2. The largest absolute Gasteiger partial charge is 0.497 e. The van der Waals surface area contributed by atoms with Gasteiger partial charge >= 0.3 is 0 Å². The van der Waals surface area contributed by atoms with E-state index < -0.39 is 0 Å². The number of thioether (sulfide) groups is 1. The normalized spacial score (nSPS) is 20.6. The Morgan fingerprint density at radius 3 is 2.68 bits per heavy atom. The molecule has 2 saturated heterocycles. The first-order chi connectivity index (χ1) is 12.2. The number of hydrogen-bond acceptors (Lipinski definition) is 5. The Morgan fingerprint density at radius 1 is 1.24 bits per heavy atom. The number of aryl methyl sites for hydroxylation is 1. The highest BCUT2D eigenvalue weighted by molar-refractivity contribution is 7.99. The maximum atomic E-state index is 12.4. The molecule has 0 aromatic heterocycles. The van der Waals surface area contributed by atoms with Crippen molar-refractivity contribution in [1.29, 1.82) is 0 Å². The van der Waals surface area contributed by atoms with E-state index in [2.05, 4.69) is 5.32 Å². The second-order valence-electron chi connectivity index (χ2n) is 6.33. The maximum Gasteiger partial charge on any atom is 0.240 e. The summed E-state index contributed by atoms with van der Waals surface area (Å²) in [5, 5.41) is 3.22. The fraction of sp³-hybridized carbons (Fsp3) is 0.556. The molecule has 0 bridgehead atoms. The minimum Gasteiger partial charge on any atom is -0.497 e. The molecule has 3 rings (SSSR count). The van der Waals surface area contributed by atoms with Crippen LogP contribution in [0.5, 0.6) is 5.75 Å². The molecule has 0 aliphatic carbocycles. The highest BCUT2D eigenvalue weighted by atomic mass is 32.2. The van der Waals surface area contributed by atoms with E-state index in [0.29, 0.717) is 39.0 Å². The van der Waals surface area contributed by atoms with Crippen molar-refractivity contribution < 1.29 is 14.3 Å². The zero-order chi connectivity index (χ0) is 17.6. The predicted octanol–water partition coefficient (Wildman–Crippen LogP) is 0.961. The molecular formula is C18H25N3O3S. The number of methoxy groups -OCH3 is 1. The average molecular weight is 363 g/mol. The molecule has 1 unspecified atom stereocenters. The summed E-state index contributed by atoms with van der Waals surface area (Å²) in [5.41, 5.74) is 1.10. The second-order valence-corrected chi connectivity index (χ2v) is 7.36. The third kappa shape index (κ3) is 4.67. The van der Waals surface area contributed by atoms with Crippen LogP contribution in [0.3, 0.4) is 0 Å². The Kier molecular flexibility index (Phi) is 6.20. The molecule has 2 amide bonds. The van der Waals surface area contributed by atoms with E-state index in [9.17, 15) is 9.59 Å². The molecule has 1 aromatic rings. The number of piperazine rings is 1. The van der Waals surface area contributed by atoms with E-state index in [1.807, 2.05) is 34.1 Å². The molecule has 136 valence electrons. The molecule has 2 heterocycles. The van der Waals surface area contributed by atoms with Crippen molar-refractivity contribution in [3.05, 3.63) is 29.8 Å². The molecule has 2 aliphatic heterocycles.